The fourth-order valence-corrected chi connectivity index (χ4v) is 3.38. The van der Waals surface area contributed by atoms with Crippen LogP contribution in [0, 0.1) is 0 Å². The van der Waals surface area contributed by atoms with Gasteiger partial charge in [-0.2, -0.15) is 11.3 Å². The highest BCUT2D eigenvalue weighted by molar-refractivity contribution is 14.0. The first-order chi connectivity index (χ1) is 9.70. The average Bonchev–Trinajstić information content (AvgIpc) is 3.10. The standard InChI is InChI=1S/C15H26N4S.HI/c1-12(13-6-8-20-11-13)9-17-15(16-2)18-10-14-5-4-7-19(14)3;/h6,8,11-12,14H,4-5,7,9-10H2,1-3H3,(H2,16,17,18);1H. The quantitative estimate of drug-likeness (QED) is 0.436. The number of thiophene rings is 1. The summed E-state index contributed by atoms with van der Waals surface area (Å²) in [6, 6.07) is 2.84. The summed E-state index contributed by atoms with van der Waals surface area (Å²) in [5.41, 5.74) is 1.40. The summed E-state index contributed by atoms with van der Waals surface area (Å²) in [5, 5.41) is 11.2. The minimum atomic E-state index is 0. The topological polar surface area (TPSA) is 39.7 Å². The summed E-state index contributed by atoms with van der Waals surface area (Å²) >= 11 is 1.76. The second kappa shape index (κ2) is 9.63. The highest BCUT2D eigenvalue weighted by atomic mass is 127. The highest BCUT2D eigenvalue weighted by Gasteiger charge is 2.20. The molecule has 6 heteroatoms. The first-order valence-electron chi connectivity index (χ1n) is 7.37. The lowest BCUT2D eigenvalue weighted by molar-refractivity contribution is 0.309. The van der Waals surface area contributed by atoms with Crippen molar-refractivity contribution in [2.75, 3.05) is 33.7 Å². The molecule has 2 heterocycles. The van der Waals surface area contributed by atoms with E-state index < -0.39 is 0 Å². The van der Waals surface area contributed by atoms with E-state index in [1.54, 1.807) is 11.3 Å². The number of guanidine groups is 1. The highest BCUT2D eigenvalue weighted by Crippen LogP contribution is 2.17. The van der Waals surface area contributed by atoms with E-state index in [1.807, 2.05) is 7.05 Å². The monoisotopic (exact) mass is 422 g/mol. The second-order valence-electron chi connectivity index (χ2n) is 5.57. The zero-order chi connectivity index (χ0) is 14.4. The molecule has 21 heavy (non-hydrogen) atoms. The van der Waals surface area contributed by atoms with Crippen LogP contribution in [0.4, 0.5) is 0 Å². The third-order valence-electron chi connectivity index (χ3n) is 4.09. The molecule has 1 aliphatic rings. The molecule has 120 valence electrons. The van der Waals surface area contributed by atoms with E-state index in [2.05, 4.69) is 51.3 Å². The van der Waals surface area contributed by atoms with Gasteiger partial charge in [-0.1, -0.05) is 6.92 Å². The summed E-state index contributed by atoms with van der Waals surface area (Å²) in [6.45, 7) is 5.35. The number of likely N-dealkylation sites (tertiary alicyclic amines) is 1. The number of nitrogens with one attached hydrogen (secondary N) is 2. The van der Waals surface area contributed by atoms with Crippen LogP contribution in [0.1, 0.15) is 31.2 Å². The van der Waals surface area contributed by atoms with E-state index in [1.165, 1.54) is 24.9 Å². The average molecular weight is 422 g/mol. The van der Waals surface area contributed by atoms with E-state index in [0.717, 1.165) is 19.0 Å². The number of halogens is 1. The Kier molecular flexibility index (Phi) is 8.58. The van der Waals surface area contributed by atoms with Crippen molar-refractivity contribution in [1.82, 2.24) is 15.5 Å². The number of likely N-dealkylation sites (N-methyl/N-ethyl adjacent to an activating group) is 1. The van der Waals surface area contributed by atoms with Crippen LogP contribution in [-0.4, -0.2) is 50.6 Å². The summed E-state index contributed by atoms with van der Waals surface area (Å²) in [7, 11) is 4.04. The molecule has 0 aliphatic carbocycles. The Labute approximate surface area is 149 Å². The van der Waals surface area contributed by atoms with Crippen LogP contribution in [0.15, 0.2) is 21.8 Å². The van der Waals surface area contributed by atoms with E-state index in [4.69, 9.17) is 0 Å². The SMILES string of the molecule is CN=C(NCC(C)c1ccsc1)NCC1CCCN1C.I. The fraction of sp³-hybridized carbons (Fsp3) is 0.667. The fourth-order valence-electron chi connectivity index (χ4n) is 2.60. The Balaban J connectivity index is 0.00000220. The minimum Gasteiger partial charge on any atom is -0.356 e. The maximum atomic E-state index is 4.31. The van der Waals surface area contributed by atoms with Crippen LogP contribution in [0.2, 0.25) is 0 Å². The van der Waals surface area contributed by atoms with Crippen molar-refractivity contribution < 1.29 is 0 Å². The molecule has 2 atom stereocenters. The van der Waals surface area contributed by atoms with Gasteiger partial charge in [-0.05, 0) is 54.7 Å². The van der Waals surface area contributed by atoms with Crippen LogP contribution in [0.5, 0.6) is 0 Å². The molecule has 2 N–H and O–H groups in total. The maximum absolute atomic E-state index is 4.31. The summed E-state index contributed by atoms with van der Waals surface area (Å²) < 4.78 is 0. The van der Waals surface area contributed by atoms with E-state index in [9.17, 15) is 0 Å². The maximum Gasteiger partial charge on any atom is 0.191 e. The first-order valence-corrected chi connectivity index (χ1v) is 8.32. The molecular weight excluding hydrogens is 395 g/mol. The predicted octanol–water partition coefficient (Wildman–Crippen LogP) is 2.73. The third-order valence-corrected chi connectivity index (χ3v) is 4.79. The summed E-state index contributed by atoms with van der Waals surface area (Å²) in [4.78, 5) is 6.73. The molecular formula is C15H27IN4S. The molecule has 1 aliphatic heterocycles. The van der Waals surface area contributed by atoms with E-state index in [0.29, 0.717) is 12.0 Å². The zero-order valence-corrected chi connectivity index (χ0v) is 16.3. The van der Waals surface area contributed by atoms with Crippen molar-refractivity contribution in [1.29, 1.82) is 0 Å². The van der Waals surface area contributed by atoms with Gasteiger partial charge in [0.25, 0.3) is 0 Å². The van der Waals surface area contributed by atoms with Gasteiger partial charge in [-0.15, -0.1) is 24.0 Å². The number of rotatable bonds is 5. The van der Waals surface area contributed by atoms with Crippen molar-refractivity contribution in [3.8, 4) is 0 Å². The van der Waals surface area contributed by atoms with Gasteiger partial charge in [0.1, 0.15) is 0 Å². The lowest BCUT2D eigenvalue weighted by Crippen LogP contribution is -2.44. The molecule has 0 aromatic carbocycles. The number of nitrogens with zero attached hydrogens (tertiary/aromatic N) is 2. The molecule has 4 nitrogen and oxygen atoms in total. The van der Waals surface area contributed by atoms with Gasteiger partial charge in [0.15, 0.2) is 5.96 Å². The smallest absolute Gasteiger partial charge is 0.191 e. The third kappa shape index (κ3) is 5.75. The van der Waals surface area contributed by atoms with Crippen LogP contribution in [0.25, 0.3) is 0 Å². The minimum absolute atomic E-state index is 0. The molecule has 0 amide bonds. The second-order valence-corrected chi connectivity index (χ2v) is 6.35. The van der Waals surface area contributed by atoms with Crippen molar-refractivity contribution in [3.63, 3.8) is 0 Å². The Morgan fingerprint density at radius 3 is 2.90 bits per heavy atom. The van der Waals surface area contributed by atoms with Crippen LogP contribution >= 0.6 is 35.3 Å². The van der Waals surface area contributed by atoms with Crippen LogP contribution in [-0.2, 0) is 0 Å². The van der Waals surface area contributed by atoms with Gasteiger partial charge in [0.2, 0.25) is 0 Å². The van der Waals surface area contributed by atoms with E-state index in [-0.39, 0.29) is 24.0 Å². The van der Waals surface area contributed by atoms with Gasteiger partial charge in [-0.25, -0.2) is 0 Å². The Bertz CT molecular complexity index is 421. The van der Waals surface area contributed by atoms with Crippen molar-refractivity contribution in [2.24, 2.45) is 4.99 Å². The Morgan fingerprint density at radius 2 is 2.33 bits per heavy atom. The van der Waals surface area contributed by atoms with Crippen molar-refractivity contribution >= 4 is 41.3 Å². The van der Waals surface area contributed by atoms with Crippen molar-refractivity contribution in [2.45, 2.75) is 31.7 Å². The normalized spacial score (nSPS) is 20.9. The summed E-state index contributed by atoms with van der Waals surface area (Å²) in [6.07, 6.45) is 2.59. The molecule has 0 bridgehead atoms. The van der Waals surface area contributed by atoms with Crippen LogP contribution < -0.4 is 10.6 Å². The van der Waals surface area contributed by atoms with Gasteiger partial charge < -0.3 is 15.5 Å². The van der Waals surface area contributed by atoms with Gasteiger partial charge in [0, 0.05) is 26.2 Å². The largest absolute Gasteiger partial charge is 0.356 e. The molecule has 1 aromatic rings. The Hall–Kier alpha value is -0.340. The summed E-state index contributed by atoms with van der Waals surface area (Å²) in [5.74, 6) is 1.42. The first kappa shape index (κ1) is 18.7. The molecule has 1 aromatic heterocycles. The van der Waals surface area contributed by atoms with Gasteiger partial charge in [0.05, 0.1) is 0 Å². The predicted molar refractivity (Wildman–Crippen MR) is 103 cm³/mol. The molecule has 1 saturated heterocycles. The molecule has 2 unspecified atom stereocenters. The van der Waals surface area contributed by atoms with E-state index >= 15 is 0 Å². The number of aliphatic imine (C=N–C) groups is 1. The zero-order valence-electron chi connectivity index (χ0n) is 13.1. The lowest BCUT2D eigenvalue weighted by atomic mass is 10.1. The Morgan fingerprint density at radius 1 is 1.52 bits per heavy atom. The van der Waals surface area contributed by atoms with Crippen molar-refractivity contribution in [3.05, 3.63) is 22.4 Å². The molecule has 0 spiro atoms. The number of hydrogen-bond donors (Lipinski definition) is 2. The van der Waals surface area contributed by atoms with Gasteiger partial charge >= 0.3 is 0 Å². The molecule has 1 fully saturated rings. The van der Waals surface area contributed by atoms with Gasteiger partial charge in [-0.3, -0.25) is 4.99 Å². The van der Waals surface area contributed by atoms with Crippen LogP contribution in [0.3, 0.4) is 0 Å². The number of hydrogen-bond acceptors (Lipinski definition) is 3. The lowest BCUT2D eigenvalue weighted by Gasteiger charge is -2.22. The molecule has 2 rings (SSSR count). The molecule has 0 radical (unpaired) electrons. The molecule has 0 saturated carbocycles.